The Balaban J connectivity index is 1.40. The number of aliphatic carboxylic acids is 1. The highest BCUT2D eigenvalue weighted by molar-refractivity contribution is 5.85. The van der Waals surface area contributed by atoms with Gasteiger partial charge in [-0.25, -0.2) is 13.2 Å². The van der Waals surface area contributed by atoms with E-state index in [1.807, 2.05) is 12.1 Å². The molecule has 0 amide bonds. The second-order valence-electron chi connectivity index (χ2n) is 10.7. The Bertz CT molecular complexity index is 1320. The first-order valence-corrected chi connectivity index (χ1v) is 13.6. The van der Waals surface area contributed by atoms with Crippen LogP contribution in [0.3, 0.4) is 0 Å². The maximum Gasteiger partial charge on any atom is 0.303 e. The average Bonchev–Trinajstić information content (AvgIpc) is 2.94. The third kappa shape index (κ3) is 6.92. The van der Waals surface area contributed by atoms with Crippen molar-refractivity contribution < 1.29 is 32.9 Å². The fourth-order valence-electron chi connectivity index (χ4n) is 5.85. The maximum absolute atomic E-state index is 13.5. The van der Waals surface area contributed by atoms with Crippen molar-refractivity contribution in [3.63, 3.8) is 0 Å². The predicted octanol–water partition coefficient (Wildman–Crippen LogP) is 5.12. The molecule has 1 atom stereocenters. The number of hydrogen-bond donors (Lipinski definition) is 3. The quantitative estimate of drug-likeness (QED) is 0.264. The summed E-state index contributed by atoms with van der Waals surface area (Å²) >= 11 is 0. The molecule has 3 aromatic rings. The number of aliphatic hydroxyl groups excluding tert-OH is 1. The van der Waals surface area contributed by atoms with Gasteiger partial charge in [-0.2, -0.15) is 0 Å². The van der Waals surface area contributed by atoms with Gasteiger partial charge in [0.2, 0.25) is 0 Å². The number of carbonyl (C=O) groups is 1. The first kappa shape index (κ1) is 29.8. The number of carboxylic acid groups (broad SMARTS) is 1. The van der Waals surface area contributed by atoms with Crippen LogP contribution in [-0.2, 0) is 17.8 Å². The monoisotopic (exact) mass is 559 g/mol. The number of nitrogens with two attached hydrogens (primary N) is 1. The number of nitrogens with zero attached hydrogens (tertiary/aromatic N) is 2. The topological polar surface area (TPSA) is 109 Å². The van der Waals surface area contributed by atoms with Crippen LogP contribution in [0.5, 0.6) is 5.75 Å². The fraction of sp³-hybridized carbons (Fsp3) is 0.467. The van der Waals surface area contributed by atoms with E-state index in [0.29, 0.717) is 80.6 Å². The van der Waals surface area contributed by atoms with Crippen molar-refractivity contribution in [1.82, 2.24) is 9.88 Å². The number of fused-ring (bicyclic) bond motifs is 1. The number of rotatable bonds is 12. The number of benzene rings is 2. The van der Waals surface area contributed by atoms with Crippen LogP contribution in [0.2, 0.25) is 0 Å². The summed E-state index contributed by atoms with van der Waals surface area (Å²) in [6.07, 6.45) is 4.08. The van der Waals surface area contributed by atoms with Crippen molar-refractivity contribution in [1.29, 1.82) is 0 Å². The minimum Gasteiger partial charge on any atom is -0.497 e. The zero-order valence-electron chi connectivity index (χ0n) is 22.6. The predicted molar refractivity (Wildman–Crippen MR) is 145 cm³/mol. The number of piperidine rings is 1. The summed E-state index contributed by atoms with van der Waals surface area (Å²) in [6.45, 7) is 2.24. The number of hydrogen-bond acceptors (Lipinski definition) is 6. The molecule has 1 aromatic heterocycles. The molecule has 0 bridgehead atoms. The second kappa shape index (κ2) is 13.0. The van der Waals surface area contributed by atoms with E-state index in [1.54, 1.807) is 19.4 Å². The van der Waals surface area contributed by atoms with Crippen LogP contribution in [0, 0.1) is 22.9 Å². The van der Waals surface area contributed by atoms with E-state index < -0.39 is 34.9 Å². The zero-order valence-corrected chi connectivity index (χ0v) is 22.6. The first-order valence-electron chi connectivity index (χ1n) is 13.6. The van der Waals surface area contributed by atoms with Gasteiger partial charge in [-0.15, -0.1) is 0 Å². The lowest BCUT2D eigenvalue weighted by Gasteiger charge is -2.41. The summed E-state index contributed by atoms with van der Waals surface area (Å²) in [4.78, 5) is 18.5. The van der Waals surface area contributed by atoms with Gasteiger partial charge in [-0.05, 0) is 111 Å². The largest absolute Gasteiger partial charge is 0.497 e. The molecule has 0 aliphatic carbocycles. The Morgan fingerprint density at radius 3 is 2.50 bits per heavy atom. The summed E-state index contributed by atoms with van der Waals surface area (Å²) < 4.78 is 45.6. The van der Waals surface area contributed by atoms with Gasteiger partial charge < -0.3 is 25.6 Å². The molecule has 0 saturated carbocycles. The van der Waals surface area contributed by atoms with E-state index in [1.165, 1.54) is 0 Å². The van der Waals surface area contributed by atoms with Crippen molar-refractivity contribution >= 4 is 16.9 Å². The van der Waals surface area contributed by atoms with Crippen molar-refractivity contribution in [3.8, 4) is 5.75 Å². The lowest BCUT2D eigenvalue weighted by Crippen LogP contribution is -2.41. The van der Waals surface area contributed by atoms with Gasteiger partial charge in [0.15, 0.2) is 17.5 Å². The van der Waals surface area contributed by atoms with Crippen molar-refractivity contribution in [2.75, 3.05) is 26.7 Å². The molecule has 1 aliphatic heterocycles. The number of pyridine rings is 1. The van der Waals surface area contributed by atoms with Crippen LogP contribution < -0.4 is 10.5 Å². The lowest BCUT2D eigenvalue weighted by atomic mass is 9.71. The minimum absolute atomic E-state index is 0.0103. The number of likely N-dealkylation sites (tertiary alicyclic amines) is 1. The number of halogens is 3. The first-order chi connectivity index (χ1) is 19.1. The third-order valence-corrected chi connectivity index (χ3v) is 8.13. The molecular formula is C30H36F3N3O4. The molecular weight excluding hydrogens is 523 g/mol. The number of ether oxygens (including phenoxy) is 1. The number of aromatic nitrogens is 1. The van der Waals surface area contributed by atoms with Gasteiger partial charge in [0, 0.05) is 18.1 Å². The maximum atomic E-state index is 13.5. The number of carboxylic acids is 1. The molecule has 216 valence electrons. The van der Waals surface area contributed by atoms with E-state index in [2.05, 4.69) is 9.88 Å². The van der Waals surface area contributed by atoms with Crippen LogP contribution in [0.25, 0.3) is 10.9 Å². The molecule has 1 fully saturated rings. The molecule has 1 unspecified atom stereocenters. The van der Waals surface area contributed by atoms with Crippen molar-refractivity contribution in [2.45, 2.75) is 57.6 Å². The molecule has 1 aliphatic rings. The normalized spacial score (nSPS) is 16.2. The summed E-state index contributed by atoms with van der Waals surface area (Å²) in [5.74, 6) is -4.07. The van der Waals surface area contributed by atoms with E-state index in [9.17, 15) is 28.2 Å². The Kier molecular flexibility index (Phi) is 9.65. The van der Waals surface area contributed by atoms with Gasteiger partial charge >= 0.3 is 5.97 Å². The standard InChI is InChI=1S/C30H36F3N3O4/c1-40-21-4-5-25-22(15-21)28(20(17-34)18-35-25)26(37)6-7-30(16-27(38)39)8-11-36(12-9-30)10-2-3-19-13-23(31)29(33)24(32)14-19/h4-5,13-15,18,26,37H,2-3,6-12,16-17,34H2,1H3,(H,38,39). The highest BCUT2D eigenvalue weighted by atomic mass is 19.2. The summed E-state index contributed by atoms with van der Waals surface area (Å²) in [7, 11) is 1.57. The molecule has 7 nitrogen and oxygen atoms in total. The fourth-order valence-corrected chi connectivity index (χ4v) is 5.85. The van der Waals surface area contributed by atoms with Crippen LogP contribution in [0.4, 0.5) is 13.2 Å². The molecule has 4 rings (SSSR count). The molecule has 2 aromatic carbocycles. The summed E-state index contributed by atoms with van der Waals surface area (Å²) in [5.41, 5.74) is 8.06. The minimum atomic E-state index is -1.46. The average molecular weight is 560 g/mol. The summed E-state index contributed by atoms with van der Waals surface area (Å²) in [5, 5.41) is 21.8. The van der Waals surface area contributed by atoms with Gasteiger partial charge in [-0.3, -0.25) is 9.78 Å². The Morgan fingerprint density at radius 2 is 1.88 bits per heavy atom. The molecule has 40 heavy (non-hydrogen) atoms. The van der Waals surface area contributed by atoms with Gasteiger partial charge in [0.05, 0.1) is 25.2 Å². The van der Waals surface area contributed by atoms with E-state index in [-0.39, 0.29) is 13.0 Å². The molecule has 0 spiro atoms. The highest BCUT2D eigenvalue weighted by Gasteiger charge is 2.37. The Morgan fingerprint density at radius 1 is 1.18 bits per heavy atom. The molecule has 4 N–H and O–H groups in total. The van der Waals surface area contributed by atoms with Crippen LogP contribution in [0.1, 0.15) is 61.3 Å². The van der Waals surface area contributed by atoms with Crippen LogP contribution in [-0.4, -0.2) is 52.8 Å². The van der Waals surface area contributed by atoms with E-state index >= 15 is 0 Å². The summed E-state index contributed by atoms with van der Waals surface area (Å²) in [6, 6.07) is 7.51. The smallest absolute Gasteiger partial charge is 0.303 e. The molecule has 10 heteroatoms. The number of methoxy groups -OCH3 is 1. The van der Waals surface area contributed by atoms with Gasteiger partial charge in [0.25, 0.3) is 0 Å². The Labute approximate surface area is 231 Å². The number of aryl methyl sites for hydroxylation is 1. The van der Waals surface area contributed by atoms with Crippen LogP contribution >= 0.6 is 0 Å². The van der Waals surface area contributed by atoms with Crippen LogP contribution in [0.15, 0.2) is 36.5 Å². The Hall–Kier alpha value is -3.21. The van der Waals surface area contributed by atoms with Gasteiger partial charge in [0.1, 0.15) is 5.75 Å². The van der Waals surface area contributed by atoms with E-state index in [4.69, 9.17) is 10.5 Å². The highest BCUT2D eigenvalue weighted by Crippen LogP contribution is 2.42. The number of aliphatic hydroxyl groups is 1. The lowest BCUT2D eigenvalue weighted by molar-refractivity contribution is -0.141. The second-order valence-corrected chi connectivity index (χ2v) is 10.7. The van der Waals surface area contributed by atoms with Crippen molar-refractivity contribution in [2.24, 2.45) is 11.1 Å². The van der Waals surface area contributed by atoms with E-state index in [0.717, 1.165) is 23.1 Å². The van der Waals surface area contributed by atoms with Gasteiger partial charge in [-0.1, -0.05) is 0 Å². The molecule has 2 heterocycles. The molecule has 0 radical (unpaired) electrons. The SMILES string of the molecule is COc1ccc2ncc(CN)c(C(O)CCC3(CC(=O)O)CCN(CCCc4cc(F)c(F)c(F)c4)CC3)c2c1. The van der Waals surface area contributed by atoms with Crippen molar-refractivity contribution in [3.05, 3.63) is 70.7 Å². The third-order valence-electron chi connectivity index (χ3n) is 8.13. The zero-order chi connectivity index (χ0) is 28.9. The molecule has 1 saturated heterocycles.